The van der Waals surface area contributed by atoms with Crippen molar-refractivity contribution in [3.8, 4) is 0 Å². The summed E-state index contributed by atoms with van der Waals surface area (Å²) >= 11 is 0. The average Bonchev–Trinajstić information content (AvgIpc) is 3.56. The van der Waals surface area contributed by atoms with Crippen molar-refractivity contribution < 1.29 is 21.9 Å². The molecule has 0 bridgehead atoms. The third-order valence-electron chi connectivity index (χ3n) is 5.06. The molecule has 2 aliphatic carbocycles. The van der Waals surface area contributed by atoms with E-state index in [-0.39, 0.29) is 23.0 Å². The number of nitrogens with one attached hydrogen (secondary N) is 1. The third kappa shape index (κ3) is 7.64. The second-order valence-corrected chi connectivity index (χ2v) is 7.19. The van der Waals surface area contributed by atoms with Crippen LogP contribution in [-0.2, 0) is 21.9 Å². The molecule has 0 saturated heterocycles. The van der Waals surface area contributed by atoms with Crippen LogP contribution in [0.15, 0.2) is 60.2 Å². The van der Waals surface area contributed by atoms with E-state index in [0.29, 0.717) is 6.42 Å². The van der Waals surface area contributed by atoms with Crippen LogP contribution in [0.4, 0.5) is 5.69 Å². The first kappa shape index (κ1) is 26.4. The average molecular weight is 463 g/mol. The van der Waals surface area contributed by atoms with E-state index >= 15 is 0 Å². The van der Waals surface area contributed by atoms with Gasteiger partial charge >= 0.3 is 17.1 Å². The van der Waals surface area contributed by atoms with Gasteiger partial charge in [0.25, 0.3) is 0 Å². The van der Waals surface area contributed by atoms with Gasteiger partial charge in [-0.25, -0.2) is 0 Å². The van der Waals surface area contributed by atoms with Gasteiger partial charge in [-0.2, -0.15) is 0 Å². The molecule has 2 aromatic rings. The molecule has 2 saturated carbocycles. The van der Waals surface area contributed by atoms with Crippen molar-refractivity contribution in [1.29, 1.82) is 0 Å². The first-order valence-electron chi connectivity index (χ1n) is 10.8. The molecular formula is C29H29FeNO+2. The Morgan fingerprint density at radius 1 is 0.688 bits per heavy atom. The van der Waals surface area contributed by atoms with Crippen molar-refractivity contribution in [3.05, 3.63) is 135 Å². The van der Waals surface area contributed by atoms with Gasteiger partial charge in [-0.15, -0.1) is 0 Å². The molecule has 2 aromatic carbocycles. The largest absolute Gasteiger partial charge is 2.00 e. The number of rotatable bonds is 6. The minimum Gasteiger partial charge on any atom is -0.326 e. The molecule has 0 aliphatic heterocycles. The van der Waals surface area contributed by atoms with Crippen molar-refractivity contribution in [2.45, 2.75) is 26.7 Å². The van der Waals surface area contributed by atoms with Gasteiger partial charge in [0, 0.05) is 18.0 Å². The van der Waals surface area contributed by atoms with Gasteiger partial charge in [0.15, 0.2) is 0 Å². The Balaban J connectivity index is 0.000000534. The minimum atomic E-state index is 0. The Labute approximate surface area is 205 Å². The maximum Gasteiger partial charge on any atom is 2.00 e. The molecule has 0 heterocycles. The molecule has 2 fully saturated rings. The van der Waals surface area contributed by atoms with Gasteiger partial charge in [0.05, 0.1) is 0 Å². The van der Waals surface area contributed by atoms with Crippen molar-refractivity contribution in [1.82, 2.24) is 0 Å². The van der Waals surface area contributed by atoms with Crippen LogP contribution in [0.3, 0.4) is 0 Å². The summed E-state index contributed by atoms with van der Waals surface area (Å²) in [6.45, 7) is 4.05. The normalized spacial score (nSPS) is 16.4. The maximum atomic E-state index is 11.6. The van der Waals surface area contributed by atoms with Crippen LogP contribution in [0.5, 0.6) is 0 Å². The number of carbonyl (C=O) groups is 1. The summed E-state index contributed by atoms with van der Waals surface area (Å²) in [7, 11) is 0. The molecule has 1 amide bonds. The molecule has 1 N–H and O–H groups in total. The van der Waals surface area contributed by atoms with Gasteiger partial charge in [0.1, 0.15) is 0 Å². The zero-order valence-corrected chi connectivity index (χ0v) is 19.7. The van der Waals surface area contributed by atoms with E-state index in [2.05, 4.69) is 74.3 Å². The molecule has 2 aliphatic rings. The quantitative estimate of drug-likeness (QED) is 0.477. The van der Waals surface area contributed by atoms with Crippen LogP contribution in [-0.4, -0.2) is 5.91 Å². The van der Waals surface area contributed by atoms with Gasteiger partial charge in [-0.05, 0) is 93.0 Å². The van der Waals surface area contributed by atoms with Gasteiger partial charge in [-0.3, -0.25) is 4.79 Å². The van der Waals surface area contributed by atoms with Gasteiger partial charge < -0.3 is 5.32 Å². The van der Waals surface area contributed by atoms with E-state index in [1.54, 1.807) is 0 Å². The summed E-state index contributed by atoms with van der Waals surface area (Å²) in [4.78, 5) is 11.6. The van der Waals surface area contributed by atoms with Gasteiger partial charge in [0.2, 0.25) is 5.91 Å². The van der Waals surface area contributed by atoms with E-state index in [1.165, 1.54) is 22.6 Å². The molecule has 3 heteroatoms. The summed E-state index contributed by atoms with van der Waals surface area (Å²) in [5.74, 6) is 1.29. The SMILES string of the molecule is CCC(=O)Nc1ccc(/C(=C(/CC)[C]2[CH][CH][CH][CH]2)c2ccccc2)cc1.[CH]1[CH][CH][CH][CH]1.[Fe+2]. The first-order chi connectivity index (χ1) is 15.2. The van der Waals surface area contributed by atoms with Crippen LogP contribution in [0, 0.1) is 63.7 Å². The van der Waals surface area contributed by atoms with E-state index < -0.39 is 0 Å². The van der Waals surface area contributed by atoms with Crippen LogP contribution < -0.4 is 5.32 Å². The van der Waals surface area contributed by atoms with Crippen LogP contribution in [0.25, 0.3) is 5.57 Å². The molecule has 4 rings (SSSR count). The fourth-order valence-electron chi connectivity index (χ4n) is 3.51. The molecule has 162 valence electrons. The zero-order valence-electron chi connectivity index (χ0n) is 18.6. The summed E-state index contributed by atoms with van der Waals surface area (Å²) in [5, 5.41) is 2.91. The predicted octanol–water partition coefficient (Wildman–Crippen LogP) is 6.67. The fourth-order valence-corrected chi connectivity index (χ4v) is 3.51. The topological polar surface area (TPSA) is 29.1 Å². The van der Waals surface area contributed by atoms with E-state index in [0.717, 1.165) is 17.7 Å². The molecule has 0 aromatic heterocycles. The Morgan fingerprint density at radius 3 is 1.72 bits per heavy atom. The predicted molar refractivity (Wildman–Crippen MR) is 130 cm³/mol. The number of anilines is 1. The second kappa shape index (κ2) is 14.3. The van der Waals surface area contributed by atoms with Crippen molar-refractivity contribution >= 4 is 17.2 Å². The maximum absolute atomic E-state index is 11.6. The number of hydrogen-bond acceptors (Lipinski definition) is 1. The fraction of sp³-hybridized carbons (Fsp3) is 0.138. The number of amides is 1. The number of carbonyl (C=O) groups excluding carboxylic acids is 1. The molecule has 0 atom stereocenters. The second-order valence-electron chi connectivity index (χ2n) is 7.19. The Kier molecular flexibility index (Phi) is 11.8. The van der Waals surface area contributed by atoms with E-state index in [9.17, 15) is 4.79 Å². The molecule has 0 unspecified atom stereocenters. The Bertz CT molecular complexity index is 824. The van der Waals surface area contributed by atoms with E-state index in [4.69, 9.17) is 0 Å². The van der Waals surface area contributed by atoms with Crippen molar-refractivity contribution in [3.63, 3.8) is 0 Å². The van der Waals surface area contributed by atoms with Crippen molar-refractivity contribution in [2.75, 3.05) is 5.32 Å². The Hall–Kier alpha value is -1.83. The number of allylic oxidation sites excluding steroid dienone is 1. The van der Waals surface area contributed by atoms with Gasteiger partial charge in [-0.1, -0.05) is 61.9 Å². The molecule has 2 nitrogen and oxygen atoms in total. The minimum absolute atomic E-state index is 0. The molecule has 0 spiro atoms. The van der Waals surface area contributed by atoms with Crippen LogP contribution >= 0.6 is 0 Å². The molecule has 10 radical (unpaired) electrons. The summed E-state index contributed by atoms with van der Waals surface area (Å²) in [6.07, 6.45) is 19.9. The Morgan fingerprint density at radius 2 is 1.22 bits per heavy atom. The van der Waals surface area contributed by atoms with Crippen molar-refractivity contribution in [2.24, 2.45) is 0 Å². The standard InChI is InChI=1S/C24H24NO.C5H5.Fe/c1-3-22(18-10-8-9-11-18)24(19-12-6-5-7-13-19)20-14-16-21(17-15-20)25-23(26)4-2;1-2-4-5-3-1;/h5-17H,3-4H2,1-2H3,(H,25,26);1-5H;/q;;+2/b24-22-;;. The number of hydrogen-bond donors (Lipinski definition) is 1. The monoisotopic (exact) mass is 463 g/mol. The smallest absolute Gasteiger partial charge is 0.326 e. The van der Waals surface area contributed by atoms with Crippen LogP contribution in [0.1, 0.15) is 37.8 Å². The van der Waals surface area contributed by atoms with Crippen LogP contribution in [0.2, 0.25) is 0 Å². The first-order valence-corrected chi connectivity index (χ1v) is 10.8. The summed E-state index contributed by atoms with van der Waals surface area (Å²) < 4.78 is 0. The van der Waals surface area contributed by atoms with E-state index in [1.807, 2.05) is 57.2 Å². The summed E-state index contributed by atoms with van der Waals surface area (Å²) in [6, 6.07) is 18.6. The summed E-state index contributed by atoms with van der Waals surface area (Å²) in [5.41, 5.74) is 5.76. The number of benzene rings is 2. The third-order valence-corrected chi connectivity index (χ3v) is 5.06. The molecule has 32 heavy (non-hydrogen) atoms. The molecular weight excluding hydrogens is 434 g/mol. The zero-order chi connectivity index (χ0) is 21.9.